The average molecular weight is 426 g/mol. The van der Waals surface area contributed by atoms with Gasteiger partial charge in [-0.1, -0.05) is 30.3 Å². The number of carbonyl (C=O) groups excluding carboxylic acids is 1. The molecule has 3 aliphatic heterocycles. The molecule has 2 bridgehead atoms. The molecule has 4 nitrogen and oxygen atoms in total. The van der Waals surface area contributed by atoms with Crippen LogP contribution in [0.3, 0.4) is 0 Å². The lowest BCUT2D eigenvalue weighted by Gasteiger charge is -2.39. The lowest BCUT2D eigenvalue weighted by Crippen LogP contribution is -2.50. The number of halogens is 2. The molecule has 28 heavy (non-hydrogen) atoms. The van der Waals surface area contributed by atoms with Gasteiger partial charge in [0.15, 0.2) is 0 Å². The van der Waals surface area contributed by atoms with Crippen molar-refractivity contribution in [3.05, 3.63) is 35.9 Å². The van der Waals surface area contributed by atoms with Crippen molar-refractivity contribution < 1.29 is 4.79 Å². The van der Waals surface area contributed by atoms with Crippen LogP contribution in [0, 0.1) is 11.3 Å². The van der Waals surface area contributed by atoms with Gasteiger partial charge in [0.05, 0.1) is 0 Å². The maximum atomic E-state index is 12.8. The third-order valence-corrected chi connectivity index (χ3v) is 7.54. The lowest BCUT2D eigenvalue weighted by atomic mass is 9.91. The van der Waals surface area contributed by atoms with E-state index in [9.17, 15) is 4.79 Å². The molecular formula is C22H33Cl2N3O. The lowest BCUT2D eigenvalue weighted by molar-refractivity contribution is -0.124. The molecule has 1 spiro atoms. The zero-order valence-electron chi connectivity index (χ0n) is 16.4. The van der Waals surface area contributed by atoms with E-state index in [1.54, 1.807) is 0 Å². The summed E-state index contributed by atoms with van der Waals surface area (Å²) in [5.41, 5.74) is 1.76. The normalized spacial score (nSPS) is 32.9. The Morgan fingerprint density at radius 3 is 2.36 bits per heavy atom. The van der Waals surface area contributed by atoms with E-state index in [-0.39, 0.29) is 24.8 Å². The maximum Gasteiger partial charge on any atom is 0.223 e. The Balaban J connectivity index is 0.00000112. The second-order valence-electron chi connectivity index (χ2n) is 9.09. The number of nitrogens with zero attached hydrogens (tertiary/aromatic N) is 1. The quantitative estimate of drug-likeness (QED) is 0.774. The van der Waals surface area contributed by atoms with E-state index in [1.807, 2.05) is 0 Å². The highest BCUT2D eigenvalue weighted by Crippen LogP contribution is 2.58. The van der Waals surface area contributed by atoms with Crippen LogP contribution in [0.2, 0.25) is 0 Å². The van der Waals surface area contributed by atoms with Crippen LogP contribution >= 0.6 is 24.8 Å². The Labute approximate surface area is 181 Å². The highest BCUT2D eigenvalue weighted by Gasteiger charge is 2.58. The van der Waals surface area contributed by atoms with Crippen molar-refractivity contribution in [1.29, 1.82) is 0 Å². The fraction of sp³-hybridized carbons (Fsp3) is 0.682. The SMILES string of the molecule is Cl.Cl.O=C(NC1CC2CCC(C1)N2Cc1ccccc1)C1CC12CCNCC2. The van der Waals surface area contributed by atoms with Gasteiger partial charge in [-0.15, -0.1) is 24.8 Å². The maximum absolute atomic E-state index is 12.8. The number of benzene rings is 1. The smallest absolute Gasteiger partial charge is 0.223 e. The van der Waals surface area contributed by atoms with Crippen LogP contribution in [-0.4, -0.2) is 42.0 Å². The van der Waals surface area contributed by atoms with E-state index < -0.39 is 0 Å². The number of hydrogen-bond donors (Lipinski definition) is 2. The Morgan fingerprint density at radius 2 is 1.71 bits per heavy atom. The molecule has 1 amide bonds. The van der Waals surface area contributed by atoms with Gasteiger partial charge in [-0.05, 0) is 69.0 Å². The van der Waals surface area contributed by atoms with Crippen molar-refractivity contribution in [3.63, 3.8) is 0 Å². The largest absolute Gasteiger partial charge is 0.353 e. The van der Waals surface area contributed by atoms with Gasteiger partial charge in [0, 0.05) is 30.6 Å². The Bertz CT molecular complexity index is 651. The number of rotatable bonds is 4. The number of hydrogen-bond acceptors (Lipinski definition) is 3. The molecule has 0 aromatic heterocycles. The molecule has 0 radical (unpaired) electrons. The molecule has 4 fully saturated rings. The predicted octanol–water partition coefficient (Wildman–Crippen LogP) is 3.53. The summed E-state index contributed by atoms with van der Waals surface area (Å²) in [6.07, 6.45) is 8.36. The van der Waals surface area contributed by atoms with E-state index in [4.69, 9.17) is 0 Å². The second kappa shape index (κ2) is 8.91. The molecule has 3 unspecified atom stereocenters. The van der Waals surface area contributed by atoms with Crippen LogP contribution in [-0.2, 0) is 11.3 Å². The fourth-order valence-electron chi connectivity index (χ4n) is 5.94. The van der Waals surface area contributed by atoms with Crippen LogP contribution in [0.5, 0.6) is 0 Å². The van der Waals surface area contributed by atoms with E-state index in [0.29, 0.717) is 35.4 Å². The van der Waals surface area contributed by atoms with Gasteiger partial charge >= 0.3 is 0 Å². The average Bonchev–Trinajstić information content (AvgIpc) is 3.30. The first-order chi connectivity index (χ1) is 12.7. The molecule has 6 heteroatoms. The molecule has 1 aromatic rings. The monoisotopic (exact) mass is 425 g/mol. The highest BCUT2D eigenvalue weighted by atomic mass is 35.5. The first-order valence-corrected chi connectivity index (χ1v) is 10.5. The highest BCUT2D eigenvalue weighted by molar-refractivity contribution is 5.85. The first-order valence-electron chi connectivity index (χ1n) is 10.5. The number of piperidine rings is 2. The summed E-state index contributed by atoms with van der Waals surface area (Å²) in [5, 5.41) is 6.88. The van der Waals surface area contributed by atoms with Gasteiger partial charge in [0.1, 0.15) is 0 Å². The van der Waals surface area contributed by atoms with Crippen LogP contribution in [0.25, 0.3) is 0 Å². The fourth-order valence-corrected chi connectivity index (χ4v) is 5.94. The second-order valence-corrected chi connectivity index (χ2v) is 9.09. The summed E-state index contributed by atoms with van der Waals surface area (Å²) < 4.78 is 0. The number of nitrogens with one attached hydrogen (secondary N) is 2. The number of carbonyl (C=O) groups is 1. The molecule has 1 aliphatic carbocycles. The number of fused-ring (bicyclic) bond motifs is 2. The molecule has 156 valence electrons. The minimum absolute atomic E-state index is 0. The van der Waals surface area contributed by atoms with Crippen molar-refractivity contribution in [2.75, 3.05) is 13.1 Å². The van der Waals surface area contributed by atoms with Crippen molar-refractivity contribution in [2.45, 2.75) is 69.6 Å². The van der Waals surface area contributed by atoms with E-state index >= 15 is 0 Å². The van der Waals surface area contributed by atoms with E-state index in [1.165, 1.54) is 31.2 Å². The summed E-state index contributed by atoms with van der Waals surface area (Å²) in [7, 11) is 0. The van der Waals surface area contributed by atoms with Crippen molar-refractivity contribution in [1.82, 2.24) is 15.5 Å². The van der Waals surface area contributed by atoms with Gasteiger partial charge in [-0.2, -0.15) is 0 Å². The first kappa shape index (κ1) is 21.9. The van der Waals surface area contributed by atoms with Crippen molar-refractivity contribution in [2.24, 2.45) is 11.3 Å². The summed E-state index contributed by atoms with van der Waals surface area (Å²) in [5.74, 6) is 0.650. The Hall–Kier alpha value is -0.810. The van der Waals surface area contributed by atoms with Crippen LogP contribution in [0.4, 0.5) is 0 Å². The summed E-state index contributed by atoms with van der Waals surface area (Å²) >= 11 is 0. The Kier molecular flexibility index (Phi) is 6.96. The molecular weight excluding hydrogens is 393 g/mol. The summed E-state index contributed by atoms with van der Waals surface area (Å²) in [6.45, 7) is 3.24. The summed E-state index contributed by atoms with van der Waals surface area (Å²) in [4.78, 5) is 15.5. The van der Waals surface area contributed by atoms with E-state index in [0.717, 1.165) is 38.9 Å². The predicted molar refractivity (Wildman–Crippen MR) is 117 cm³/mol. The minimum atomic E-state index is 0. The summed E-state index contributed by atoms with van der Waals surface area (Å²) in [6, 6.07) is 12.5. The molecule has 5 rings (SSSR count). The molecule has 3 saturated heterocycles. The Morgan fingerprint density at radius 1 is 1.07 bits per heavy atom. The van der Waals surface area contributed by atoms with Gasteiger partial charge < -0.3 is 10.6 Å². The standard InChI is InChI=1S/C22H31N3O.2ClH/c26-21(20-14-22(20)8-10-23-11-9-22)24-17-12-18-6-7-19(13-17)25(18)15-16-4-2-1-3-5-16;;/h1-5,17-20,23H,6-15H2,(H,24,26);2*1H. The van der Waals surface area contributed by atoms with Crippen LogP contribution in [0.1, 0.15) is 50.5 Å². The minimum Gasteiger partial charge on any atom is -0.353 e. The molecule has 1 saturated carbocycles. The number of amides is 1. The molecule has 3 heterocycles. The zero-order valence-corrected chi connectivity index (χ0v) is 18.1. The third-order valence-electron chi connectivity index (χ3n) is 7.54. The van der Waals surface area contributed by atoms with Crippen LogP contribution < -0.4 is 10.6 Å². The molecule has 1 aromatic carbocycles. The van der Waals surface area contributed by atoms with E-state index in [2.05, 4.69) is 45.9 Å². The third kappa shape index (κ3) is 4.21. The molecule has 2 N–H and O–H groups in total. The van der Waals surface area contributed by atoms with Gasteiger partial charge in [0.25, 0.3) is 0 Å². The van der Waals surface area contributed by atoms with Gasteiger partial charge in [-0.25, -0.2) is 0 Å². The van der Waals surface area contributed by atoms with Gasteiger partial charge in [0.2, 0.25) is 5.91 Å². The topological polar surface area (TPSA) is 44.4 Å². The van der Waals surface area contributed by atoms with Crippen LogP contribution in [0.15, 0.2) is 30.3 Å². The zero-order chi connectivity index (χ0) is 17.6. The van der Waals surface area contributed by atoms with Gasteiger partial charge in [-0.3, -0.25) is 9.69 Å². The molecule has 3 atom stereocenters. The van der Waals surface area contributed by atoms with Crippen molar-refractivity contribution >= 4 is 30.7 Å². The molecule has 4 aliphatic rings. The van der Waals surface area contributed by atoms with Crippen molar-refractivity contribution in [3.8, 4) is 0 Å².